The summed E-state index contributed by atoms with van der Waals surface area (Å²) in [4.78, 5) is 45.7. The SMILES string of the molecule is CC(=O)/C(Cl)=C1/C(=O)N2[C@@H]1SC(C)(C)[C@@H]2C(=O)O.CC(C)(C)C(=O)O. The van der Waals surface area contributed by atoms with E-state index in [0.29, 0.717) is 0 Å². The summed E-state index contributed by atoms with van der Waals surface area (Å²) >= 11 is 7.16. The van der Waals surface area contributed by atoms with Crippen molar-refractivity contribution in [3.63, 3.8) is 0 Å². The number of β-lactam (4-membered cyclic amide) rings is 1. The van der Waals surface area contributed by atoms with E-state index in [9.17, 15) is 24.3 Å². The van der Waals surface area contributed by atoms with Crippen LogP contribution in [0.15, 0.2) is 10.6 Å². The molecule has 2 heterocycles. The zero-order valence-electron chi connectivity index (χ0n) is 14.9. The summed E-state index contributed by atoms with van der Waals surface area (Å²) in [5.41, 5.74) is -0.356. The highest BCUT2D eigenvalue weighted by Crippen LogP contribution is 2.54. The van der Waals surface area contributed by atoms with Gasteiger partial charge in [0.1, 0.15) is 11.4 Å². The van der Waals surface area contributed by atoms with Gasteiger partial charge < -0.3 is 15.1 Å². The van der Waals surface area contributed by atoms with Crippen molar-refractivity contribution >= 4 is 47.0 Å². The molecule has 0 aliphatic carbocycles. The molecule has 7 nitrogen and oxygen atoms in total. The Morgan fingerprint density at radius 3 is 1.96 bits per heavy atom. The standard InChI is InChI=1S/C11H12ClNO4S.C5H10O2/c1-4(14)6(12)5-8(15)13-7(10(16)17)11(2,3)18-9(5)13;1-5(2,3)4(6)7/h7,9H,1-3H3,(H,16,17);1-3H3,(H,6,7)/b6-5+;/t7-,9+;/m0./s1. The van der Waals surface area contributed by atoms with E-state index in [0.717, 1.165) is 0 Å². The van der Waals surface area contributed by atoms with Gasteiger partial charge in [-0.1, -0.05) is 11.6 Å². The molecule has 2 N–H and O–H groups in total. The fourth-order valence-electron chi connectivity index (χ4n) is 2.29. The number of amides is 1. The number of halogens is 1. The number of carboxylic acids is 2. The number of carboxylic acid groups (broad SMARTS) is 2. The molecule has 2 fully saturated rings. The van der Waals surface area contributed by atoms with Crippen molar-refractivity contribution in [2.24, 2.45) is 5.41 Å². The number of thioether (sulfide) groups is 1. The van der Waals surface area contributed by atoms with Gasteiger partial charge in [0, 0.05) is 11.7 Å². The number of aliphatic carboxylic acids is 2. The fourth-order valence-corrected chi connectivity index (χ4v) is 4.12. The van der Waals surface area contributed by atoms with Crippen molar-refractivity contribution in [3.8, 4) is 0 Å². The molecule has 1 amide bonds. The maximum atomic E-state index is 11.9. The molecule has 0 saturated carbocycles. The Kier molecular flexibility index (Phi) is 6.01. The highest BCUT2D eigenvalue weighted by atomic mass is 35.5. The topological polar surface area (TPSA) is 112 Å². The Morgan fingerprint density at radius 2 is 1.64 bits per heavy atom. The van der Waals surface area contributed by atoms with Crippen LogP contribution < -0.4 is 0 Å². The lowest BCUT2D eigenvalue weighted by Gasteiger charge is -2.39. The first-order chi connectivity index (χ1) is 11.1. The van der Waals surface area contributed by atoms with Crippen molar-refractivity contribution in [1.29, 1.82) is 0 Å². The predicted molar refractivity (Wildman–Crippen MR) is 94.4 cm³/mol. The lowest BCUT2D eigenvalue weighted by atomic mass is 9.95. The van der Waals surface area contributed by atoms with E-state index in [4.69, 9.17) is 16.7 Å². The van der Waals surface area contributed by atoms with Gasteiger partial charge in [-0.25, -0.2) is 4.79 Å². The quantitative estimate of drug-likeness (QED) is 0.548. The van der Waals surface area contributed by atoms with Gasteiger partial charge in [-0.05, 0) is 34.6 Å². The highest BCUT2D eigenvalue weighted by molar-refractivity contribution is 8.01. The van der Waals surface area contributed by atoms with Gasteiger partial charge in [0.2, 0.25) is 0 Å². The Bertz CT molecular complexity index is 664. The molecule has 2 atom stereocenters. The van der Waals surface area contributed by atoms with Gasteiger partial charge >= 0.3 is 11.9 Å². The van der Waals surface area contributed by atoms with E-state index in [2.05, 4.69) is 0 Å². The smallest absolute Gasteiger partial charge is 0.327 e. The van der Waals surface area contributed by atoms with Gasteiger partial charge in [0.25, 0.3) is 5.91 Å². The second-order valence-electron chi connectivity index (χ2n) is 7.37. The molecule has 0 bridgehead atoms. The summed E-state index contributed by atoms with van der Waals surface area (Å²) in [7, 11) is 0. The Labute approximate surface area is 155 Å². The number of ketones is 1. The number of nitrogens with zero attached hydrogens (tertiary/aromatic N) is 1. The summed E-state index contributed by atoms with van der Waals surface area (Å²) in [6.45, 7) is 9.80. The van der Waals surface area contributed by atoms with Crippen molar-refractivity contribution < 1.29 is 29.4 Å². The summed E-state index contributed by atoms with van der Waals surface area (Å²) in [5.74, 6) is -2.63. The van der Waals surface area contributed by atoms with Crippen molar-refractivity contribution in [1.82, 2.24) is 4.90 Å². The van der Waals surface area contributed by atoms with Gasteiger partial charge in [-0.15, -0.1) is 11.8 Å². The molecule has 9 heteroatoms. The van der Waals surface area contributed by atoms with Crippen molar-refractivity contribution in [2.75, 3.05) is 0 Å². The largest absolute Gasteiger partial charge is 0.481 e. The predicted octanol–water partition coefficient (Wildman–Crippen LogP) is 2.33. The highest BCUT2D eigenvalue weighted by Gasteiger charge is 2.62. The van der Waals surface area contributed by atoms with Crippen LogP contribution in [0, 0.1) is 5.41 Å². The van der Waals surface area contributed by atoms with E-state index < -0.39 is 39.4 Å². The van der Waals surface area contributed by atoms with Crippen LogP contribution >= 0.6 is 23.4 Å². The minimum absolute atomic E-state index is 0.0874. The third-order valence-electron chi connectivity index (χ3n) is 3.74. The molecule has 2 saturated heterocycles. The summed E-state index contributed by atoms with van der Waals surface area (Å²) < 4.78 is -0.609. The maximum absolute atomic E-state index is 11.9. The minimum Gasteiger partial charge on any atom is -0.481 e. The average molecular weight is 392 g/mol. The van der Waals surface area contributed by atoms with E-state index >= 15 is 0 Å². The Balaban J connectivity index is 0.000000381. The summed E-state index contributed by atoms with van der Waals surface area (Å²) in [6, 6.07) is -0.889. The first-order valence-electron chi connectivity index (χ1n) is 7.50. The second kappa shape index (κ2) is 6.99. The van der Waals surface area contributed by atoms with Gasteiger partial charge in [0.05, 0.1) is 16.0 Å². The normalized spacial score (nSPS) is 26.0. The van der Waals surface area contributed by atoms with Crippen LogP contribution in [0.4, 0.5) is 0 Å². The zero-order chi connectivity index (χ0) is 19.9. The third-order valence-corrected chi connectivity index (χ3v) is 5.72. The fraction of sp³-hybridized carbons (Fsp3) is 0.625. The molecular weight excluding hydrogens is 370 g/mol. The monoisotopic (exact) mass is 391 g/mol. The van der Waals surface area contributed by atoms with Gasteiger partial charge in [-0.2, -0.15) is 0 Å². The Hall–Kier alpha value is -1.54. The molecule has 0 aromatic rings. The third kappa shape index (κ3) is 4.17. The average Bonchev–Trinajstić information content (AvgIpc) is 2.66. The lowest BCUT2D eigenvalue weighted by molar-refractivity contribution is -0.152. The van der Waals surface area contributed by atoms with E-state index in [1.165, 1.54) is 23.6 Å². The lowest BCUT2D eigenvalue weighted by Crippen LogP contribution is -2.58. The number of rotatable bonds is 2. The number of hydrogen-bond donors (Lipinski definition) is 2. The van der Waals surface area contributed by atoms with Crippen LogP contribution in [0.1, 0.15) is 41.5 Å². The number of carbonyl (C=O) groups excluding carboxylic acids is 2. The molecule has 2 aliphatic heterocycles. The molecule has 0 spiro atoms. The number of Topliss-reactive ketones (excluding diaryl/α,β-unsaturated/α-hetero) is 1. The van der Waals surface area contributed by atoms with Crippen LogP contribution in [-0.2, 0) is 19.2 Å². The molecular formula is C16H22ClNO6S. The molecule has 140 valence electrons. The molecule has 2 aliphatic rings. The van der Waals surface area contributed by atoms with Crippen LogP contribution in [0.5, 0.6) is 0 Å². The number of hydrogen-bond acceptors (Lipinski definition) is 5. The molecule has 0 radical (unpaired) electrons. The number of fused-ring (bicyclic) bond motifs is 1. The minimum atomic E-state index is -1.04. The van der Waals surface area contributed by atoms with Crippen molar-refractivity contribution in [2.45, 2.75) is 57.7 Å². The molecule has 0 aromatic heterocycles. The van der Waals surface area contributed by atoms with E-state index in [1.807, 2.05) is 0 Å². The van der Waals surface area contributed by atoms with Gasteiger partial charge in [-0.3, -0.25) is 14.4 Å². The number of carbonyl (C=O) groups is 4. The second-order valence-corrected chi connectivity index (χ2v) is 9.48. The summed E-state index contributed by atoms with van der Waals surface area (Å²) in [5, 5.41) is 16.9. The zero-order valence-corrected chi connectivity index (χ0v) is 16.5. The molecule has 25 heavy (non-hydrogen) atoms. The molecule has 0 aromatic carbocycles. The van der Waals surface area contributed by atoms with Gasteiger partial charge in [0.15, 0.2) is 5.78 Å². The first-order valence-corrected chi connectivity index (χ1v) is 8.76. The maximum Gasteiger partial charge on any atom is 0.327 e. The summed E-state index contributed by atoms with van der Waals surface area (Å²) in [6.07, 6.45) is 0. The van der Waals surface area contributed by atoms with Crippen LogP contribution in [0.25, 0.3) is 0 Å². The van der Waals surface area contributed by atoms with Crippen LogP contribution in [-0.4, -0.2) is 54.9 Å². The molecule has 0 unspecified atom stereocenters. The van der Waals surface area contributed by atoms with Crippen LogP contribution in [0.2, 0.25) is 0 Å². The molecule has 2 rings (SSSR count). The van der Waals surface area contributed by atoms with Crippen LogP contribution in [0.3, 0.4) is 0 Å². The first kappa shape index (κ1) is 21.5. The number of allylic oxidation sites excluding steroid dienone is 1. The van der Waals surface area contributed by atoms with E-state index in [1.54, 1.807) is 34.6 Å². The Morgan fingerprint density at radius 1 is 1.20 bits per heavy atom. The van der Waals surface area contributed by atoms with Crippen molar-refractivity contribution in [3.05, 3.63) is 10.6 Å². The van der Waals surface area contributed by atoms with E-state index in [-0.39, 0.29) is 16.4 Å².